The lowest BCUT2D eigenvalue weighted by atomic mass is 10.1. The summed E-state index contributed by atoms with van der Waals surface area (Å²) in [5, 5.41) is 9.13. The molecule has 0 saturated carbocycles. The quantitative estimate of drug-likeness (QED) is 0.725. The van der Waals surface area contributed by atoms with E-state index < -0.39 is 6.04 Å². The molecule has 15 heavy (non-hydrogen) atoms. The Hall–Kier alpha value is -1.57. The van der Waals surface area contributed by atoms with Gasteiger partial charge in [-0.05, 0) is 12.1 Å². The van der Waals surface area contributed by atoms with Crippen LogP contribution in [0.3, 0.4) is 0 Å². The predicted octanol–water partition coefficient (Wildman–Crippen LogP) is 1.21. The van der Waals surface area contributed by atoms with Crippen molar-refractivity contribution in [2.45, 2.75) is 6.04 Å². The summed E-state index contributed by atoms with van der Waals surface area (Å²) in [6.45, 7) is -0.000123. The number of nitrogens with two attached hydrogens (primary N) is 1. The summed E-state index contributed by atoms with van der Waals surface area (Å²) >= 11 is 5.82. The Morgan fingerprint density at radius 1 is 1.60 bits per heavy atom. The molecule has 1 aromatic rings. The van der Waals surface area contributed by atoms with Crippen molar-refractivity contribution in [1.29, 1.82) is 5.26 Å². The fourth-order valence-electron chi connectivity index (χ4n) is 1.67. The summed E-state index contributed by atoms with van der Waals surface area (Å²) in [4.78, 5) is 13.0. The Balaban J connectivity index is 2.52. The standard InChI is InChI=1S/C10H8ClN3O/c11-6-1-2-7-8(5-6)14(4-3-12)10(15)9(7)13/h1-2,5,9H,4,13H2. The zero-order chi connectivity index (χ0) is 11.0. The molecule has 1 aliphatic rings. The maximum Gasteiger partial charge on any atom is 0.249 e. The second kappa shape index (κ2) is 3.54. The van der Waals surface area contributed by atoms with E-state index in [4.69, 9.17) is 22.6 Å². The second-order valence-electron chi connectivity index (χ2n) is 3.26. The van der Waals surface area contributed by atoms with Crippen LogP contribution in [0.5, 0.6) is 0 Å². The molecular formula is C10H8ClN3O. The van der Waals surface area contributed by atoms with Gasteiger partial charge in [-0.3, -0.25) is 9.69 Å². The maximum absolute atomic E-state index is 11.7. The fourth-order valence-corrected chi connectivity index (χ4v) is 1.83. The molecule has 0 saturated heterocycles. The number of carbonyl (C=O) groups excluding carboxylic acids is 1. The number of anilines is 1. The Kier molecular flexibility index (Phi) is 2.35. The van der Waals surface area contributed by atoms with E-state index in [1.807, 2.05) is 6.07 Å². The van der Waals surface area contributed by atoms with Crippen molar-refractivity contribution in [1.82, 2.24) is 0 Å². The molecule has 1 amide bonds. The van der Waals surface area contributed by atoms with Gasteiger partial charge >= 0.3 is 0 Å². The third-order valence-corrected chi connectivity index (χ3v) is 2.61. The molecule has 1 heterocycles. The number of carbonyl (C=O) groups is 1. The first-order valence-corrected chi connectivity index (χ1v) is 4.76. The van der Waals surface area contributed by atoms with Crippen LogP contribution >= 0.6 is 11.6 Å². The molecule has 0 spiro atoms. The van der Waals surface area contributed by atoms with Gasteiger partial charge in [-0.15, -0.1) is 0 Å². The summed E-state index contributed by atoms with van der Waals surface area (Å²) in [7, 11) is 0. The first-order valence-electron chi connectivity index (χ1n) is 4.38. The summed E-state index contributed by atoms with van der Waals surface area (Å²) in [6, 6.07) is 6.31. The molecule has 5 heteroatoms. The van der Waals surface area contributed by atoms with Crippen LogP contribution in [0.25, 0.3) is 0 Å². The fraction of sp³-hybridized carbons (Fsp3) is 0.200. The molecule has 0 radical (unpaired) electrons. The SMILES string of the molecule is N#CCN1C(=O)C(N)c2ccc(Cl)cc21. The van der Waals surface area contributed by atoms with Gasteiger partial charge in [-0.1, -0.05) is 17.7 Å². The van der Waals surface area contributed by atoms with Gasteiger partial charge < -0.3 is 5.73 Å². The van der Waals surface area contributed by atoms with Gasteiger partial charge in [0, 0.05) is 10.6 Å². The largest absolute Gasteiger partial charge is 0.316 e. The molecular weight excluding hydrogens is 214 g/mol. The predicted molar refractivity (Wildman–Crippen MR) is 56.3 cm³/mol. The van der Waals surface area contributed by atoms with Gasteiger partial charge in [0.05, 0.1) is 11.8 Å². The van der Waals surface area contributed by atoms with Crippen molar-refractivity contribution in [2.75, 3.05) is 11.4 Å². The number of rotatable bonds is 1. The number of nitrogens with zero attached hydrogens (tertiary/aromatic N) is 2. The van der Waals surface area contributed by atoms with E-state index >= 15 is 0 Å². The van der Waals surface area contributed by atoms with Crippen LogP contribution in [-0.2, 0) is 4.79 Å². The third kappa shape index (κ3) is 1.46. The van der Waals surface area contributed by atoms with E-state index in [0.29, 0.717) is 10.7 Å². The Bertz CT molecular complexity index is 466. The average molecular weight is 222 g/mol. The number of hydrogen-bond donors (Lipinski definition) is 1. The van der Waals surface area contributed by atoms with Crippen LogP contribution < -0.4 is 10.6 Å². The van der Waals surface area contributed by atoms with Crippen LogP contribution in [0.1, 0.15) is 11.6 Å². The molecule has 1 atom stereocenters. The van der Waals surface area contributed by atoms with Crippen molar-refractivity contribution in [3.63, 3.8) is 0 Å². The monoisotopic (exact) mass is 221 g/mol. The zero-order valence-corrected chi connectivity index (χ0v) is 8.53. The molecule has 0 aliphatic carbocycles. The molecule has 4 nitrogen and oxygen atoms in total. The highest BCUT2D eigenvalue weighted by Crippen LogP contribution is 2.35. The number of nitriles is 1. The number of amides is 1. The third-order valence-electron chi connectivity index (χ3n) is 2.38. The number of fused-ring (bicyclic) bond motifs is 1. The summed E-state index contributed by atoms with van der Waals surface area (Å²) in [5.41, 5.74) is 7.08. The molecule has 0 aromatic heterocycles. The van der Waals surface area contributed by atoms with Crippen molar-refractivity contribution in [3.05, 3.63) is 28.8 Å². The lowest BCUT2D eigenvalue weighted by molar-refractivity contribution is -0.119. The van der Waals surface area contributed by atoms with Crippen molar-refractivity contribution < 1.29 is 4.79 Å². The molecule has 1 aromatic carbocycles. The molecule has 76 valence electrons. The van der Waals surface area contributed by atoms with Crippen LogP contribution in [0, 0.1) is 11.3 Å². The molecule has 0 bridgehead atoms. The maximum atomic E-state index is 11.7. The van der Waals surface area contributed by atoms with Crippen LogP contribution in [0.2, 0.25) is 5.02 Å². The molecule has 2 rings (SSSR count). The van der Waals surface area contributed by atoms with Crippen LogP contribution in [0.4, 0.5) is 5.69 Å². The summed E-state index contributed by atoms with van der Waals surface area (Å²) in [6.07, 6.45) is 0. The van der Waals surface area contributed by atoms with Gasteiger partial charge in [-0.25, -0.2) is 0 Å². The first kappa shape index (κ1) is 9.97. The number of benzene rings is 1. The Labute approximate surface area is 91.8 Å². The number of hydrogen-bond acceptors (Lipinski definition) is 3. The molecule has 1 unspecified atom stereocenters. The first-order chi connectivity index (χ1) is 7.15. The lowest BCUT2D eigenvalue weighted by Crippen LogP contribution is -2.31. The van der Waals surface area contributed by atoms with Crippen molar-refractivity contribution >= 4 is 23.2 Å². The van der Waals surface area contributed by atoms with E-state index in [2.05, 4.69) is 0 Å². The minimum absolute atomic E-state index is 0.000123. The minimum Gasteiger partial charge on any atom is -0.316 e. The second-order valence-corrected chi connectivity index (χ2v) is 3.70. The normalized spacial score (nSPS) is 18.9. The van der Waals surface area contributed by atoms with Gasteiger partial charge in [-0.2, -0.15) is 5.26 Å². The highest BCUT2D eigenvalue weighted by atomic mass is 35.5. The molecule has 1 aliphatic heterocycles. The summed E-state index contributed by atoms with van der Waals surface area (Å²) in [5.74, 6) is -0.256. The van der Waals surface area contributed by atoms with Gasteiger partial charge in [0.2, 0.25) is 5.91 Å². The van der Waals surface area contributed by atoms with E-state index in [1.165, 1.54) is 4.90 Å². The van der Waals surface area contributed by atoms with Crippen molar-refractivity contribution in [2.24, 2.45) is 5.73 Å². The van der Waals surface area contributed by atoms with Crippen LogP contribution in [-0.4, -0.2) is 12.5 Å². The smallest absolute Gasteiger partial charge is 0.249 e. The topological polar surface area (TPSA) is 70.1 Å². The number of halogens is 1. The zero-order valence-electron chi connectivity index (χ0n) is 7.77. The Morgan fingerprint density at radius 2 is 2.33 bits per heavy atom. The average Bonchev–Trinajstić information content (AvgIpc) is 2.44. The van der Waals surface area contributed by atoms with E-state index in [1.54, 1.807) is 18.2 Å². The van der Waals surface area contributed by atoms with Crippen molar-refractivity contribution in [3.8, 4) is 6.07 Å². The minimum atomic E-state index is -0.675. The van der Waals surface area contributed by atoms with E-state index in [9.17, 15) is 4.79 Å². The Morgan fingerprint density at radius 3 is 3.00 bits per heavy atom. The molecule has 2 N–H and O–H groups in total. The van der Waals surface area contributed by atoms with E-state index in [-0.39, 0.29) is 12.5 Å². The summed E-state index contributed by atoms with van der Waals surface area (Å²) < 4.78 is 0. The highest BCUT2D eigenvalue weighted by Gasteiger charge is 2.34. The van der Waals surface area contributed by atoms with Crippen LogP contribution in [0.15, 0.2) is 18.2 Å². The molecule has 0 fully saturated rings. The highest BCUT2D eigenvalue weighted by molar-refractivity contribution is 6.31. The van der Waals surface area contributed by atoms with Gasteiger partial charge in [0.1, 0.15) is 12.6 Å². The lowest BCUT2D eigenvalue weighted by Gasteiger charge is -2.12. The van der Waals surface area contributed by atoms with Gasteiger partial charge in [0.25, 0.3) is 0 Å². The van der Waals surface area contributed by atoms with E-state index in [0.717, 1.165) is 5.56 Å². The van der Waals surface area contributed by atoms with Gasteiger partial charge in [0.15, 0.2) is 0 Å².